The van der Waals surface area contributed by atoms with Crippen LogP contribution in [0.5, 0.6) is 0 Å². The third-order valence-electron chi connectivity index (χ3n) is 1.32. The molecule has 4 nitrogen and oxygen atoms in total. The van der Waals surface area contributed by atoms with Crippen LogP contribution in [-0.2, 0) is 9.53 Å². The molecule has 0 bridgehead atoms. The topological polar surface area (TPSA) is 58.6 Å². The van der Waals surface area contributed by atoms with Crippen molar-refractivity contribution in [2.24, 2.45) is 5.92 Å². The zero-order valence-electron chi connectivity index (χ0n) is 6.66. The predicted octanol–water partition coefficient (Wildman–Crippen LogP) is -0.591. The minimum absolute atomic E-state index is 0. The Kier molecular flexibility index (Phi) is 9.40. The lowest BCUT2D eigenvalue weighted by molar-refractivity contribution is -0.147. The molecule has 1 heterocycles. The molecule has 1 rings (SSSR count). The van der Waals surface area contributed by atoms with E-state index in [-0.39, 0.29) is 24.3 Å². The first-order chi connectivity index (χ1) is 4.84. The first kappa shape index (κ1) is 13.3. The first-order valence-electron chi connectivity index (χ1n) is 3.08. The van der Waals surface area contributed by atoms with Crippen LogP contribution in [-0.4, -0.2) is 38.4 Å². The summed E-state index contributed by atoms with van der Waals surface area (Å²) in [5.74, 6) is 0.0312. The van der Waals surface area contributed by atoms with Gasteiger partial charge in [0.2, 0.25) is 0 Å². The van der Waals surface area contributed by atoms with Gasteiger partial charge in [-0.15, -0.1) is 12.4 Å². The fourth-order valence-corrected chi connectivity index (χ4v) is 0.622. The molecule has 0 aromatic rings. The van der Waals surface area contributed by atoms with Gasteiger partial charge in [0.1, 0.15) is 0 Å². The molecular formula is C6H14ClNO3. The summed E-state index contributed by atoms with van der Waals surface area (Å²) in [7, 11) is 2.42. The Bertz CT molecular complexity index is 106. The van der Waals surface area contributed by atoms with Crippen molar-refractivity contribution >= 4 is 18.4 Å². The summed E-state index contributed by atoms with van der Waals surface area (Å²) in [6.45, 7) is 1.57. The maximum atomic E-state index is 10.5. The average molecular weight is 184 g/mol. The van der Waals surface area contributed by atoms with Crippen LogP contribution in [0.15, 0.2) is 0 Å². The fourth-order valence-electron chi connectivity index (χ4n) is 0.622. The number of rotatable bonds is 1. The second kappa shape index (κ2) is 7.78. The standard InChI is InChI=1S/C5H9NO2.CH4O.ClH/c1-8-5(7)4-2-6-3-4;1-2;/h4,6H,2-3H2,1H3;2H,1H3;1H. The number of carbonyl (C=O) groups is 1. The number of aliphatic hydroxyl groups is 1. The number of hydrogen-bond acceptors (Lipinski definition) is 4. The lowest BCUT2D eigenvalue weighted by Crippen LogP contribution is -2.46. The van der Waals surface area contributed by atoms with Crippen molar-refractivity contribution in [2.45, 2.75) is 0 Å². The van der Waals surface area contributed by atoms with Crippen LogP contribution in [0, 0.1) is 5.92 Å². The highest BCUT2D eigenvalue weighted by atomic mass is 35.5. The van der Waals surface area contributed by atoms with Crippen molar-refractivity contribution in [1.82, 2.24) is 5.32 Å². The van der Waals surface area contributed by atoms with Gasteiger partial charge in [0, 0.05) is 20.2 Å². The van der Waals surface area contributed by atoms with Crippen molar-refractivity contribution in [3.05, 3.63) is 0 Å². The fraction of sp³-hybridized carbons (Fsp3) is 0.833. The molecule has 1 saturated heterocycles. The Balaban J connectivity index is 0. The SMILES string of the molecule is CO.COC(=O)C1CNC1.Cl. The molecule has 1 aliphatic rings. The molecule has 0 unspecified atom stereocenters. The summed E-state index contributed by atoms with van der Waals surface area (Å²) >= 11 is 0. The smallest absolute Gasteiger partial charge is 0.311 e. The maximum Gasteiger partial charge on any atom is 0.311 e. The Morgan fingerprint density at radius 2 is 2.00 bits per heavy atom. The third-order valence-corrected chi connectivity index (χ3v) is 1.32. The lowest BCUT2D eigenvalue weighted by Gasteiger charge is -2.23. The highest BCUT2D eigenvalue weighted by Crippen LogP contribution is 2.03. The molecule has 1 fully saturated rings. The van der Waals surface area contributed by atoms with E-state index in [0.29, 0.717) is 0 Å². The molecule has 0 spiro atoms. The minimum atomic E-state index is -0.0937. The van der Waals surface area contributed by atoms with Crippen molar-refractivity contribution in [3.8, 4) is 0 Å². The van der Waals surface area contributed by atoms with Gasteiger partial charge in [-0.3, -0.25) is 4.79 Å². The van der Waals surface area contributed by atoms with Crippen LogP contribution in [0.3, 0.4) is 0 Å². The Morgan fingerprint density at radius 3 is 2.09 bits per heavy atom. The van der Waals surface area contributed by atoms with Gasteiger partial charge < -0.3 is 15.2 Å². The molecule has 5 heteroatoms. The molecule has 0 aromatic carbocycles. The first-order valence-corrected chi connectivity index (χ1v) is 3.08. The number of hydrogen-bond donors (Lipinski definition) is 2. The number of aliphatic hydroxyl groups excluding tert-OH is 1. The number of ether oxygens (including phenoxy) is 1. The molecule has 1 aliphatic heterocycles. The number of esters is 1. The summed E-state index contributed by atoms with van der Waals surface area (Å²) in [6, 6.07) is 0. The molecule has 0 saturated carbocycles. The second-order valence-electron chi connectivity index (χ2n) is 1.88. The number of halogens is 1. The second-order valence-corrected chi connectivity index (χ2v) is 1.88. The highest BCUT2D eigenvalue weighted by molar-refractivity contribution is 5.85. The highest BCUT2D eigenvalue weighted by Gasteiger charge is 2.24. The zero-order chi connectivity index (χ0) is 7.98. The van der Waals surface area contributed by atoms with Crippen molar-refractivity contribution in [2.75, 3.05) is 27.3 Å². The van der Waals surface area contributed by atoms with E-state index < -0.39 is 0 Å². The molecule has 0 atom stereocenters. The van der Waals surface area contributed by atoms with Crippen molar-refractivity contribution in [3.63, 3.8) is 0 Å². The van der Waals surface area contributed by atoms with E-state index in [1.807, 2.05) is 0 Å². The largest absolute Gasteiger partial charge is 0.469 e. The van der Waals surface area contributed by atoms with Gasteiger partial charge in [-0.2, -0.15) is 0 Å². The van der Waals surface area contributed by atoms with Gasteiger partial charge in [-0.1, -0.05) is 0 Å². The van der Waals surface area contributed by atoms with Gasteiger partial charge in [0.25, 0.3) is 0 Å². The van der Waals surface area contributed by atoms with E-state index in [9.17, 15) is 4.79 Å². The Morgan fingerprint density at radius 1 is 1.55 bits per heavy atom. The summed E-state index contributed by atoms with van der Waals surface area (Å²) in [6.07, 6.45) is 0. The van der Waals surface area contributed by atoms with Crippen LogP contribution in [0.2, 0.25) is 0 Å². The summed E-state index contributed by atoms with van der Waals surface area (Å²) in [5.41, 5.74) is 0. The molecule has 0 radical (unpaired) electrons. The lowest BCUT2D eigenvalue weighted by atomic mass is 10.0. The average Bonchev–Trinajstić information content (AvgIpc) is 1.89. The molecule has 0 aliphatic carbocycles. The van der Waals surface area contributed by atoms with Crippen LogP contribution < -0.4 is 5.32 Å². The molecule has 0 aromatic heterocycles. The molecule has 11 heavy (non-hydrogen) atoms. The van der Waals surface area contributed by atoms with E-state index in [0.717, 1.165) is 20.2 Å². The number of methoxy groups -OCH3 is 1. The van der Waals surface area contributed by atoms with Crippen LogP contribution >= 0.6 is 12.4 Å². The minimum Gasteiger partial charge on any atom is -0.469 e. The molecule has 0 amide bonds. The summed E-state index contributed by atoms with van der Waals surface area (Å²) < 4.78 is 4.48. The molecule has 2 N–H and O–H groups in total. The monoisotopic (exact) mass is 183 g/mol. The van der Waals surface area contributed by atoms with Crippen molar-refractivity contribution < 1.29 is 14.6 Å². The normalized spacial score (nSPS) is 14.8. The maximum absolute atomic E-state index is 10.5. The van der Waals surface area contributed by atoms with Crippen LogP contribution in [0.4, 0.5) is 0 Å². The zero-order valence-corrected chi connectivity index (χ0v) is 7.48. The van der Waals surface area contributed by atoms with E-state index in [1.165, 1.54) is 7.11 Å². The van der Waals surface area contributed by atoms with E-state index in [4.69, 9.17) is 5.11 Å². The number of nitrogens with one attached hydrogen (secondary N) is 1. The van der Waals surface area contributed by atoms with Gasteiger partial charge in [-0.25, -0.2) is 0 Å². The van der Waals surface area contributed by atoms with Gasteiger partial charge in [-0.05, 0) is 0 Å². The van der Waals surface area contributed by atoms with Crippen LogP contribution in [0.25, 0.3) is 0 Å². The number of carbonyl (C=O) groups excluding carboxylic acids is 1. The van der Waals surface area contributed by atoms with E-state index >= 15 is 0 Å². The van der Waals surface area contributed by atoms with Gasteiger partial charge >= 0.3 is 5.97 Å². The summed E-state index contributed by atoms with van der Waals surface area (Å²) in [4.78, 5) is 10.5. The van der Waals surface area contributed by atoms with Crippen LogP contribution in [0.1, 0.15) is 0 Å². The summed E-state index contributed by atoms with van der Waals surface area (Å²) in [5, 5.41) is 9.98. The molecular weight excluding hydrogens is 170 g/mol. The quantitative estimate of drug-likeness (QED) is 0.534. The van der Waals surface area contributed by atoms with Gasteiger partial charge in [0.05, 0.1) is 13.0 Å². The third kappa shape index (κ3) is 4.19. The van der Waals surface area contributed by atoms with E-state index in [1.54, 1.807) is 0 Å². The molecule has 68 valence electrons. The van der Waals surface area contributed by atoms with Crippen molar-refractivity contribution in [1.29, 1.82) is 0 Å². The predicted molar refractivity (Wildman–Crippen MR) is 43.8 cm³/mol. The Labute approximate surface area is 72.3 Å². The Hall–Kier alpha value is -0.320. The van der Waals surface area contributed by atoms with Gasteiger partial charge in [0.15, 0.2) is 0 Å². The van der Waals surface area contributed by atoms with E-state index in [2.05, 4.69) is 10.1 Å².